The lowest BCUT2D eigenvalue weighted by Gasteiger charge is -1.99. The van der Waals surface area contributed by atoms with Crippen LogP contribution in [0.5, 0.6) is 0 Å². The Hall–Kier alpha value is -2.17. The Bertz CT molecular complexity index is 508. The third-order valence-electron chi connectivity index (χ3n) is 2.46. The maximum atomic E-state index is 11.7. The fourth-order valence-corrected chi connectivity index (χ4v) is 1.47. The van der Waals surface area contributed by atoms with Gasteiger partial charge in [-0.1, -0.05) is 31.5 Å². The minimum atomic E-state index is -0.321. The zero-order chi connectivity index (χ0) is 12.8. The van der Waals surface area contributed by atoms with Crippen LogP contribution in [-0.2, 0) is 0 Å². The fraction of sp³-hybridized carbons (Fsp3) is 0.308. The number of amides is 1. The molecule has 1 heterocycles. The molecule has 1 aromatic heterocycles. The second-order valence-corrected chi connectivity index (χ2v) is 3.89. The van der Waals surface area contributed by atoms with Crippen molar-refractivity contribution in [3.05, 3.63) is 36.2 Å². The molecule has 2 rings (SSSR count). The van der Waals surface area contributed by atoms with Crippen molar-refractivity contribution in [3.63, 3.8) is 0 Å². The highest BCUT2D eigenvalue weighted by atomic mass is 16.4. The van der Waals surface area contributed by atoms with Gasteiger partial charge >= 0.3 is 11.8 Å². The lowest BCUT2D eigenvalue weighted by Crippen LogP contribution is -2.24. The van der Waals surface area contributed by atoms with Crippen LogP contribution in [0, 0.1) is 0 Å². The van der Waals surface area contributed by atoms with E-state index in [1.165, 1.54) is 0 Å². The monoisotopic (exact) mass is 245 g/mol. The van der Waals surface area contributed by atoms with Crippen molar-refractivity contribution in [1.82, 2.24) is 15.5 Å². The first-order chi connectivity index (χ1) is 8.81. The van der Waals surface area contributed by atoms with E-state index in [0.717, 1.165) is 18.4 Å². The van der Waals surface area contributed by atoms with Crippen LogP contribution in [-0.4, -0.2) is 22.6 Å². The summed E-state index contributed by atoms with van der Waals surface area (Å²) in [7, 11) is 0. The highest BCUT2D eigenvalue weighted by Crippen LogP contribution is 2.16. The second kappa shape index (κ2) is 5.95. The molecule has 0 aliphatic rings. The van der Waals surface area contributed by atoms with E-state index in [4.69, 9.17) is 4.42 Å². The van der Waals surface area contributed by atoms with E-state index in [0.29, 0.717) is 12.4 Å². The van der Waals surface area contributed by atoms with Gasteiger partial charge in [-0.25, -0.2) is 0 Å². The van der Waals surface area contributed by atoms with Gasteiger partial charge in [0.1, 0.15) is 0 Å². The number of rotatable bonds is 5. The Balaban J connectivity index is 2.04. The molecule has 18 heavy (non-hydrogen) atoms. The van der Waals surface area contributed by atoms with Crippen molar-refractivity contribution in [2.75, 3.05) is 6.54 Å². The zero-order valence-corrected chi connectivity index (χ0v) is 10.2. The van der Waals surface area contributed by atoms with E-state index in [-0.39, 0.29) is 11.8 Å². The number of nitrogens with zero attached hydrogens (tertiary/aromatic N) is 2. The largest absolute Gasteiger partial charge is 0.412 e. The quantitative estimate of drug-likeness (QED) is 0.820. The van der Waals surface area contributed by atoms with Gasteiger partial charge in [0.25, 0.3) is 0 Å². The van der Waals surface area contributed by atoms with Crippen LogP contribution in [0.2, 0.25) is 0 Å². The molecule has 0 saturated carbocycles. The van der Waals surface area contributed by atoms with Gasteiger partial charge in [-0.3, -0.25) is 4.79 Å². The van der Waals surface area contributed by atoms with Crippen molar-refractivity contribution in [3.8, 4) is 11.5 Å². The zero-order valence-electron chi connectivity index (χ0n) is 10.2. The molecule has 0 bridgehead atoms. The Kier molecular flexibility index (Phi) is 4.06. The molecule has 0 aliphatic heterocycles. The standard InChI is InChI=1S/C13H15N3O2/c1-2-3-9-14-11(17)13-16-15-12(18-13)10-7-5-4-6-8-10/h4-8H,2-3,9H2,1H3,(H,14,17). The fourth-order valence-electron chi connectivity index (χ4n) is 1.47. The second-order valence-electron chi connectivity index (χ2n) is 3.89. The van der Waals surface area contributed by atoms with Crippen LogP contribution in [0.4, 0.5) is 0 Å². The molecular formula is C13H15N3O2. The summed E-state index contributed by atoms with van der Waals surface area (Å²) in [6, 6.07) is 9.36. The van der Waals surface area contributed by atoms with E-state index in [2.05, 4.69) is 22.4 Å². The summed E-state index contributed by atoms with van der Waals surface area (Å²) in [5.41, 5.74) is 0.803. The minimum Gasteiger partial charge on any atom is -0.412 e. The molecule has 0 fully saturated rings. The van der Waals surface area contributed by atoms with Gasteiger partial charge in [0.2, 0.25) is 5.89 Å². The molecule has 0 saturated heterocycles. The molecule has 2 aromatic rings. The molecule has 5 nitrogen and oxygen atoms in total. The molecule has 0 aliphatic carbocycles. The third-order valence-corrected chi connectivity index (χ3v) is 2.46. The number of carbonyl (C=O) groups excluding carboxylic acids is 1. The van der Waals surface area contributed by atoms with Gasteiger partial charge in [-0.2, -0.15) is 0 Å². The molecule has 1 N–H and O–H groups in total. The lowest BCUT2D eigenvalue weighted by molar-refractivity contribution is 0.0919. The maximum Gasteiger partial charge on any atom is 0.308 e. The first kappa shape index (κ1) is 12.3. The Morgan fingerprint density at radius 3 is 2.78 bits per heavy atom. The maximum absolute atomic E-state index is 11.7. The predicted molar refractivity (Wildman–Crippen MR) is 67.0 cm³/mol. The Morgan fingerprint density at radius 2 is 2.06 bits per heavy atom. The summed E-state index contributed by atoms with van der Waals surface area (Å²) >= 11 is 0. The highest BCUT2D eigenvalue weighted by molar-refractivity contribution is 5.89. The summed E-state index contributed by atoms with van der Waals surface area (Å²) in [5, 5.41) is 10.3. The van der Waals surface area contributed by atoms with Crippen LogP contribution >= 0.6 is 0 Å². The van der Waals surface area contributed by atoms with Crippen LogP contribution in [0.15, 0.2) is 34.7 Å². The molecule has 5 heteroatoms. The predicted octanol–water partition coefficient (Wildman–Crippen LogP) is 2.27. The summed E-state index contributed by atoms with van der Waals surface area (Å²) in [6.07, 6.45) is 1.96. The Labute approximate surface area is 105 Å². The number of carbonyl (C=O) groups is 1. The van der Waals surface area contributed by atoms with Crippen molar-refractivity contribution >= 4 is 5.91 Å². The molecule has 1 amide bonds. The van der Waals surface area contributed by atoms with E-state index >= 15 is 0 Å². The van der Waals surface area contributed by atoms with Gasteiger partial charge in [0, 0.05) is 12.1 Å². The smallest absolute Gasteiger partial charge is 0.308 e. The molecular weight excluding hydrogens is 230 g/mol. The van der Waals surface area contributed by atoms with Crippen molar-refractivity contribution < 1.29 is 9.21 Å². The van der Waals surface area contributed by atoms with Crippen LogP contribution in [0.25, 0.3) is 11.5 Å². The normalized spacial score (nSPS) is 10.3. The number of benzene rings is 1. The van der Waals surface area contributed by atoms with Gasteiger partial charge in [0.15, 0.2) is 0 Å². The van der Waals surface area contributed by atoms with Crippen LogP contribution in [0.1, 0.15) is 30.5 Å². The minimum absolute atomic E-state index is 0.00459. The van der Waals surface area contributed by atoms with E-state index in [9.17, 15) is 4.79 Å². The summed E-state index contributed by atoms with van der Waals surface area (Å²) in [6.45, 7) is 2.69. The van der Waals surface area contributed by atoms with Crippen molar-refractivity contribution in [2.24, 2.45) is 0 Å². The van der Waals surface area contributed by atoms with Crippen molar-refractivity contribution in [1.29, 1.82) is 0 Å². The molecule has 0 radical (unpaired) electrons. The molecule has 1 aromatic carbocycles. The highest BCUT2D eigenvalue weighted by Gasteiger charge is 2.14. The van der Waals surface area contributed by atoms with Gasteiger partial charge in [-0.15, -0.1) is 10.2 Å². The first-order valence-electron chi connectivity index (χ1n) is 5.98. The summed E-state index contributed by atoms with van der Waals surface area (Å²) < 4.78 is 5.33. The number of hydrogen-bond acceptors (Lipinski definition) is 4. The van der Waals surface area contributed by atoms with E-state index in [1.54, 1.807) is 0 Å². The van der Waals surface area contributed by atoms with Gasteiger partial charge in [-0.05, 0) is 18.6 Å². The van der Waals surface area contributed by atoms with Crippen LogP contribution in [0.3, 0.4) is 0 Å². The number of unbranched alkanes of at least 4 members (excludes halogenated alkanes) is 1. The first-order valence-corrected chi connectivity index (χ1v) is 5.98. The average Bonchev–Trinajstić information content (AvgIpc) is 2.89. The van der Waals surface area contributed by atoms with Gasteiger partial charge in [0.05, 0.1) is 0 Å². The summed E-state index contributed by atoms with van der Waals surface area (Å²) in [5.74, 6) is 0.0410. The third kappa shape index (κ3) is 2.94. The number of aromatic nitrogens is 2. The number of hydrogen-bond donors (Lipinski definition) is 1. The SMILES string of the molecule is CCCCNC(=O)c1nnc(-c2ccccc2)o1. The average molecular weight is 245 g/mol. The van der Waals surface area contributed by atoms with E-state index in [1.807, 2.05) is 30.3 Å². The lowest BCUT2D eigenvalue weighted by atomic mass is 10.2. The van der Waals surface area contributed by atoms with Crippen molar-refractivity contribution in [2.45, 2.75) is 19.8 Å². The molecule has 0 atom stereocenters. The van der Waals surface area contributed by atoms with E-state index < -0.39 is 0 Å². The Morgan fingerprint density at radius 1 is 1.28 bits per heavy atom. The molecule has 94 valence electrons. The molecule has 0 unspecified atom stereocenters. The topological polar surface area (TPSA) is 68.0 Å². The van der Waals surface area contributed by atoms with Gasteiger partial charge < -0.3 is 9.73 Å². The number of nitrogens with one attached hydrogen (secondary N) is 1. The molecule has 0 spiro atoms. The van der Waals surface area contributed by atoms with Crippen LogP contribution < -0.4 is 5.32 Å². The summed E-state index contributed by atoms with van der Waals surface area (Å²) in [4.78, 5) is 11.7.